The number of halogens is 1. The smallest absolute Gasteiger partial charge is 0.138 e. The summed E-state index contributed by atoms with van der Waals surface area (Å²) in [6.07, 6.45) is 4.04. The Morgan fingerprint density at radius 3 is 2.71 bits per heavy atom. The van der Waals surface area contributed by atoms with E-state index in [1.807, 2.05) is 25.1 Å². The average Bonchev–Trinajstić information content (AvgIpc) is 2.89. The number of aromatic nitrogens is 1. The summed E-state index contributed by atoms with van der Waals surface area (Å²) in [4.78, 5) is 0. The van der Waals surface area contributed by atoms with Crippen molar-refractivity contribution in [1.29, 1.82) is 0 Å². The molecule has 0 radical (unpaired) electrons. The fourth-order valence-corrected chi connectivity index (χ4v) is 2.24. The number of ether oxygens (including phenoxy) is 2. The number of hydrogen-bond donors (Lipinski definition) is 0. The van der Waals surface area contributed by atoms with Crippen LogP contribution in [0.5, 0.6) is 11.5 Å². The molecule has 0 unspecified atom stereocenters. The van der Waals surface area contributed by atoms with E-state index >= 15 is 0 Å². The predicted molar refractivity (Wildman–Crippen MR) is 82.3 cm³/mol. The lowest BCUT2D eigenvalue weighted by Crippen LogP contribution is -1.98. The molecule has 0 aliphatic carbocycles. The summed E-state index contributed by atoms with van der Waals surface area (Å²) < 4.78 is 15.9. The first-order chi connectivity index (χ1) is 10.2. The number of methoxy groups -OCH3 is 1. The van der Waals surface area contributed by atoms with Gasteiger partial charge < -0.3 is 14.0 Å². The molecule has 0 bridgehead atoms. The van der Waals surface area contributed by atoms with Gasteiger partial charge >= 0.3 is 0 Å². The standard InChI is InChI=1S/C16H20ClNO3/c1-12-10-14(21-18-12)6-4-3-5-9-20-16-8-7-13(19-2)11-15(16)17/h7-8,10-11H,3-6,9H2,1-2H3. The summed E-state index contributed by atoms with van der Waals surface area (Å²) >= 11 is 6.11. The maximum Gasteiger partial charge on any atom is 0.138 e. The Balaban J connectivity index is 1.63. The Bertz CT molecular complexity index is 568. The molecule has 2 rings (SSSR count). The van der Waals surface area contributed by atoms with Crippen molar-refractivity contribution in [3.8, 4) is 11.5 Å². The first-order valence-electron chi connectivity index (χ1n) is 7.07. The van der Waals surface area contributed by atoms with E-state index in [1.165, 1.54) is 0 Å². The minimum absolute atomic E-state index is 0.575. The van der Waals surface area contributed by atoms with Crippen LogP contribution in [0.1, 0.15) is 30.7 Å². The lowest BCUT2D eigenvalue weighted by Gasteiger charge is -2.09. The second kappa shape index (κ2) is 7.93. The molecule has 1 aromatic carbocycles. The van der Waals surface area contributed by atoms with Crippen molar-refractivity contribution in [2.75, 3.05) is 13.7 Å². The number of hydrogen-bond acceptors (Lipinski definition) is 4. The Morgan fingerprint density at radius 2 is 2.05 bits per heavy atom. The number of rotatable bonds is 8. The van der Waals surface area contributed by atoms with E-state index < -0.39 is 0 Å². The van der Waals surface area contributed by atoms with E-state index in [2.05, 4.69) is 5.16 Å². The second-order valence-electron chi connectivity index (χ2n) is 4.89. The monoisotopic (exact) mass is 309 g/mol. The molecule has 2 aromatic rings. The van der Waals surface area contributed by atoms with Crippen molar-refractivity contribution < 1.29 is 14.0 Å². The lowest BCUT2D eigenvalue weighted by molar-refractivity contribution is 0.303. The molecule has 5 heteroatoms. The molecular formula is C16H20ClNO3. The maximum absolute atomic E-state index is 6.11. The highest BCUT2D eigenvalue weighted by Gasteiger charge is 2.04. The number of benzene rings is 1. The Kier molecular flexibility index (Phi) is 5.93. The Labute approximate surface area is 130 Å². The highest BCUT2D eigenvalue weighted by Crippen LogP contribution is 2.28. The molecule has 0 saturated heterocycles. The van der Waals surface area contributed by atoms with Gasteiger partial charge in [-0.15, -0.1) is 0 Å². The normalized spacial score (nSPS) is 10.6. The van der Waals surface area contributed by atoms with E-state index in [0.717, 1.165) is 42.9 Å². The van der Waals surface area contributed by atoms with Crippen molar-refractivity contribution >= 4 is 11.6 Å². The largest absolute Gasteiger partial charge is 0.497 e. The molecule has 0 saturated carbocycles. The van der Waals surface area contributed by atoms with Crippen LogP contribution in [0, 0.1) is 6.92 Å². The van der Waals surface area contributed by atoms with Crippen LogP contribution in [0.25, 0.3) is 0 Å². The van der Waals surface area contributed by atoms with Crippen LogP contribution in [0.3, 0.4) is 0 Å². The van der Waals surface area contributed by atoms with Crippen molar-refractivity contribution in [1.82, 2.24) is 5.16 Å². The Morgan fingerprint density at radius 1 is 1.19 bits per heavy atom. The van der Waals surface area contributed by atoms with Crippen LogP contribution in [0.4, 0.5) is 0 Å². The fraction of sp³-hybridized carbons (Fsp3) is 0.438. The molecular weight excluding hydrogens is 290 g/mol. The molecule has 1 heterocycles. The van der Waals surface area contributed by atoms with Gasteiger partial charge in [-0.3, -0.25) is 0 Å². The number of unbranched alkanes of at least 4 members (excludes halogenated alkanes) is 2. The van der Waals surface area contributed by atoms with Crippen molar-refractivity contribution in [3.05, 3.63) is 40.7 Å². The third kappa shape index (κ3) is 4.97. The van der Waals surface area contributed by atoms with E-state index in [1.54, 1.807) is 13.2 Å². The first-order valence-corrected chi connectivity index (χ1v) is 7.45. The molecule has 0 fully saturated rings. The minimum atomic E-state index is 0.575. The zero-order valence-electron chi connectivity index (χ0n) is 12.4. The third-order valence-electron chi connectivity index (χ3n) is 3.14. The molecule has 0 atom stereocenters. The summed E-state index contributed by atoms with van der Waals surface area (Å²) in [5, 5.41) is 4.45. The molecule has 4 nitrogen and oxygen atoms in total. The quantitative estimate of drug-likeness (QED) is 0.676. The lowest BCUT2D eigenvalue weighted by atomic mass is 10.1. The van der Waals surface area contributed by atoms with E-state index in [-0.39, 0.29) is 0 Å². The van der Waals surface area contributed by atoms with Gasteiger partial charge in [0.2, 0.25) is 0 Å². The van der Waals surface area contributed by atoms with Crippen LogP contribution in [0.2, 0.25) is 5.02 Å². The molecule has 0 N–H and O–H groups in total. The van der Waals surface area contributed by atoms with Crippen LogP contribution in [-0.4, -0.2) is 18.9 Å². The van der Waals surface area contributed by atoms with Crippen LogP contribution < -0.4 is 9.47 Å². The van der Waals surface area contributed by atoms with Gasteiger partial charge in [-0.2, -0.15) is 0 Å². The first kappa shape index (κ1) is 15.7. The average molecular weight is 310 g/mol. The van der Waals surface area contributed by atoms with Gasteiger partial charge in [0.25, 0.3) is 0 Å². The van der Waals surface area contributed by atoms with Crippen molar-refractivity contribution in [2.45, 2.75) is 32.6 Å². The van der Waals surface area contributed by atoms with Crippen molar-refractivity contribution in [2.24, 2.45) is 0 Å². The second-order valence-corrected chi connectivity index (χ2v) is 5.30. The van der Waals surface area contributed by atoms with E-state index in [9.17, 15) is 0 Å². The molecule has 0 amide bonds. The number of nitrogens with zero attached hydrogens (tertiary/aromatic N) is 1. The van der Waals surface area contributed by atoms with E-state index in [4.69, 9.17) is 25.6 Å². The zero-order chi connectivity index (χ0) is 15.1. The van der Waals surface area contributed by atoms with Crippen molar-refractivity contribution in [3.63, 3.8) is 0 Å². The van der Waals surface area contributed by atoms with Gasteiger partial charge in [-0.1, -0.05) is 16.8 Å². The summed E-state index contributed by atoms with van der Waals surface area (Å²) in [5.41, 5.74) is 0.933. The highest BCUT2D eigenvalue weighted by molar-refractivity contribution is 6.32. The fourth-order valence-electron chi connectivity index (χ4n) is 2.02. The Hall–Kier alpha value is -1.68. The molecule has 21 heavy (non-hydrogen) atoms. The third-order valence-corrected chi connectivity index (χ3v) is 3.44. The molecule has 0 aliphatic rings. The molecule has 114 valence electrons. The van der Waals surface area contributed by atoms with Crippen LogP contribution >= 0.6 is 11.6 Å². The van der Waals surface area contributed by atoms with Gasteiger partial charge in [0.1, 0.15) is 17.3 Å². The molecule has 1 aromatic heterocycles. The minimum Gasteiger partial charge on any atom is -0.497 e. The summed E-state index contributed by atoms with van der Waals surface area (Å²) in [6.45, 7) is 2.58. The predicted octanol–water partition coefficient (Wildman–Crippen LogP) is 4.44. The van der Waals surface area contributed by atoms with Gasteiger partial charge in [0, 0.05) is 18.6 Å². The van der Waals surface area contributed by atoms with Gasteiger partial charge in [-0.25, -0.2) is 0 Å². The summed E-state index contributed by atoms with van der Waals surface area (Å²) in [5.74, 6) is 2.38. The van der Waals surface area contributed by atoms with Gasteiger partial charge in [0.05, 0.1) is 24.4 Å². The van der Waals surface area contributed by atoms with E-state index in [0.29, 0.717) is 17.4 Å². The zero-order valence-corrected chi connectivity index (χ0v) is 13.2. The summed E-state index contributed by atoms with van der Waals surface area (Å²) in [6, 6.07) is 7.41. The highest BCUT2D eigenvalue weighted by atomic mass is 35.5. The van der Waals surface area contributed by atoms with Gasteiger partial charge in [0.15, 0.2) is 0 Å². The van der Waals surface area contributed by atoms with Crippen LogP contribution in [0.15, 0.2) is 28.8 Å². The topological polar surface area (TPSA) is 44.5 Å². The molecule has 0 spiro atoms. The number of aryl methyl sites for hydroxylation is 2. The van der Waals surface area contributed by atoms with Gasteiger partial charge in [-0.05, 0) is 38.3 Å². The summed E-state index contributed by atoms with van der Waals surface area (Å²) in [7, 11) is 1.61. The molecule has 0 aliphatic heterocycles. The SMILES string of the molecule is COc1ccc(OCCCCCc2cc(C)no2)c(Cl)c1. The maximum atomic E-state index is 6.11. The van der Waals surface area contributed by atoms with Crippen LogP contribution in [-0.2, 0) is 6.42 Å².